The van der Waals surface area contributed by atoms with Crippen molar-refractivity contribution in [1.29, 1.82) is 0 Å². The number of fused-ring (bicyclic) bond motifs is 1. The van der Waals surface area contributed by atoms with E-state index in [0.29, 0.717) is 29.3 Å². The van der Waals surface area contributed by atoms with Gasteiger partial charge in [-0.05, 0) is 35.7 Å². The van der Waals surface area contributed by atoms with Crippen molar-refractivity contribution in [2.45, 2.75) is 32.1 Å². The zero-order chi connectivity index (χ0) is 20.8. The minimum Gasteiger partial charge on any atom is -0.497 e. The highest BCUT2D eigenvalue weighted by molar-refractivity contribution is 7.99. The monoisotopic (exact) mass is 412 g/mol. The Morgan fingerprint density at radius 2 is 2.10 bits per heavy atom. The van der Waals surface area contributed by atoms with E-state index in [4.69, 9.17) is 4.74 Å². The van der Waals surface area contributed by atoms with Crippen molar-refractivity contribution < 1.29 is 9.53 Å². The van der Waals surface area contributed by atoms with Crippen LogP contribution in [0.25, 0.3) is 11.0 Å². The Labute approximate surface area is 173 Å². The topological polar surface area (TPSA) is 86.1 Å². The fourth-order valence-corrected chi connectivity index (χ4v) is 3.66. The highest BCUT2D eigenvalue weighted by Gasteiger charge is 2.14. The number of pyridine rings is 1. The van der Waals surface area contributed by atoms with Gasteiger partial charge in [0, 0.05) is 19.3 Å². The van der Waals surface area contributed by atoms with E-state index < -0.39 is 0 Å². The van der Waals surface area contributed by atoms with E-state index in [1.165, 1.54) is 11.8 Å². The second-order valence-corrected chi connectivity index (χ2v) is 7.94. The molecule has 1 aromatic carbocycles. The number of ether oxygens (including phenoxy) is 1. The van der Waals surface area contributed by atoms with Crippen molar-refractivity contribution in [1.82, 2.24) is 19.9 Å². The normalized spacial score (nSPS) is 11.0. The maximum Gasteiger partial charge on any atom is 0.263 e. The first-order valence-corrected chi connectivity index (χ1v) is 10.3. The lowest BCUT2D eigenvalue weighted by Gasteiger charge is -2.14. The smallest absolute Gasteiger partial charge is 0.263 e. The molecule has 0 unspecified atom stereocenters. The third kappa shape index (κ3) is 5.35. The molecule has 0 radical (unpaired) electrons. The van der Waals surface area contributed by atoms with Gasteiger partial charge in [0.2, 0.25) is 5.91 Å². The van der Waals surface area contributed by atoms with Crippen LogP contribution in [0.5, 0.6) is 5.75 Å². The number of thioether (sulfide) groups is 1. The Morgan fingerprint density at radius 1 is 1.28 bits per heavy atom. The molecule has 152 valence electrons. The van der Waals surface area contributed by atoms with Crippen molar-refractivity contribution in [3.63, 3.8) is 0 Å². The van der Waals surface area contributed by atoms with Crippen LogP contribution in [0.3, 0.4) is 0 Å². The molecule has 0 fully saturated rings. The van der Waals surface area contributed by atoms with Crippen LogP contribution in [0.15, 0.2) is 52.5 Å². The number of amides is 1. The minimum absolute atomic E-state index is 0.129. The van der Waals surface area contributed by atoms with Crippen LogP contribution in [-0.2, 0) is 17.9 Å². The first kappa shape index (κ1) is 20.9. The summed E-state index contributed by atoms with van der Waals surface area (Å²) in [6.45, 7) is 5.01. The lowest BCUT2D eigenvalue weighted by Crippen LogP contribution is -2.28. The van der Waals surface area contributed by atoms with Crippen LogP contribution < -0.4 is 15.6 Å². The Kier molecular flexibility index (Phi) is 6.87. The lowest BCUT2D eigenvalue weighted by molar-refractivity contribution is -0.118. The molecular formula is C21H24N4O3S. The zero-order valence-electron chi connectivity index (χ0n) is 16.7. The molecule has 0 aliphatic carbocycles. The van der Waals surface area contributed by atoms with Gasteiger partial charge in [-0.3, -0.25) is 14.2 Å². The van der Waals surface area contributed by atoms with Crippen LogP contribution in [-0.4, -0.2) is 33.3 Å². The van der Waals surface area contributed by atoms with Crippen molar-refractivity contribution in [3.05, 3.63) is 58.5 Å². The third-order valence-electron chi connectivity index (χ3n) is 4.20. The van der Waals surface area contributed by atoms with Crippen LogP contribution in [0.4, 0.5) is 0 Å². The summed E-state index contributed by atoms with van der Waals surface area (Å²) in [6, 6.07) is 11.0. The number of rotatable bonds is 8. The standard InChI is InChI=1S/C21H24N4O3S/c1-14(2)12-25-20(27)17-8-5-9-22-19(17)24-21(25)29-13-18(26)23-11-15-6-4-7-16(10-15)28-3/h4-10,14H,11-13H2,1-3H3,(H,23,26). The number of hydrogen-bond donors (Lipinski definition) is 1. The van der Waals surface area contributed by atoms with Gasteiger partial charge in [-0.25, -0.2) is 9.97 Å². The first-order chi connectivity index (χ1) is 14.0. The van der Waals surface area contributed by atoms with Crippen molar-refractivity contribution in [2.24, 2.45) is 5.92 Å². The highest BCUT2D eigenvalue weighted by Crippen LogP contribution is 2.18. The molecule has 2 aromatic heterocycles. The Hall–Kier alpha value is -2.87. The molecule has 0 spiro atoms. The molecule has 1 N–H and O–H groups in total. The van der Waals surface area contributed by atoms with E-state index in [2.05, 4.69) is 15.3 Å². The Bertz CT molecular complexity index is 1070. The number of hydrogen-bond acceptors (Lipinski definition) is 6. The molecule has 0 aliphatic rings. The van der Waals surface area contributed by atoms with Crippen molar-refractivity contribution >= 4 is 28.7 Å². The number of benzene rings is 1. The summed E-state index contributed by atoms with van der Waals surface area (Å²) in [5.74, 6) is 1.04. The molecule has 8 heteroatoms. The van der Waals surface area contributed by atoms with Gasteiger partial charge in [-0.15, -0.1) is 0 Å². The summed E-state index contributed by atoms with van der Waals surface area (Å²) >= 11 is 1.24. The molecule has 29 heavy (non-hydrogen) atoms. The maximum absolute atomic E-state index is 12.9. The maximum atomic E-state index is 12.9. The molecular weight excluding hydrogens is 388 g/mol. The van der Waals surface area contributed by atoms with E-state index in [1.54, 1.807) is 30.0 Å². The fourth-order valence-electron chi connectivity index (χ4n) is 2.84. The molecule has 3 rings (SSSR count). The van der Waals surface area contributed by atoms with Gasteiger partial charge < -0.3 is 10.1 Å². The largest absolute Gasteiger partial charge is 0.497 e. The number of nitrogens with one attached hydrogen (secondary N) is 1. The first-order valence-electron chi connectivity index (χ1n) is 9.36. The van der Waals surface area contributed by atoms with E-state index >= 15 is 0 Å². The molecule has 2 heterocycles. The molecule has 3 aromatic rings. The Morgan fingerprint density at radius 3 is 2.86 bits per heavy atom. The van der Waals surface area contributed by atoms with Gasteiger partial charge in [-0.1, -0.05) is 37.7 Å². The van der Waals surface area contributed by atoms with Crippen LogP contribution in [0.2, 0.25) is 0 Å². The summed E-state index contributed by atoms with van der Waals surface area (Å²) in [7, 11) is 1.61. The van der Waals surface area contributed by atoms with E-state index in [9.17, 15) is 9.59 Å². The molecule has 0 saturated heterocycles. The predicted octanol–water partition coefficient (Wildman–Crippen LogP) is 2.86. The van der Waals surface area contributed by atoms with E-state index in [1.807, 2.05) is 38.1 Å². The van der Waals surface area contributed by atoms with Gasteiger partial charge in [0.25, 0.3) is 5.56 Å². The number of nitrogens with zero attached hydrogens (tertiary/aromatic N) is 3. The second kappa shape index (κ2) is 9.56. The lowest BCUT2D eigenvalue weighted by atomic mass is 10.2. The number of carbonyl (C=O) groups is 1. The number of methoxy groups -OCH3 is 1. The van der Waals surface area contributed by atoms with Gasteiger partial charge >= 0.3 is 0 Å². The van der Waals surface area contributed by atoms with E-state index in [0.717, 1.165) is 11.3 Å². The molecule has 0 atom stereocenters. The quantitative estimate of drug-likeness (QED) is 0.452. The molecule has 7 nitrogen and oxygen atoms in total. The average Bonchev–Trinajstić information content (AvgIpc) is 2.73. The van der Waals surface area contributed by atoms with Gasteiger partial charge in [0.1, 0.15) is 5.75 Å². The average molecular weight is 413 g/mol. The molecule has 0 saturated carbocycles. The highest BCUT2D eigenvalue weighted by atomic mass is 32.2. The summed E-state index contributed by atoms with van der Waals surface area (Å²) in [5.41, 5.74) is 1.22. The zero-order valence-corrected chi connectivity index (χ0v) is 17.5. The van der Waals surface area contributed by atoms with Crippen LogP contribution in [0.1, 0.15) is 19.4 Å². The second-order valence-electron chi connectivity index (χ2n) is 7.00. The van der Waals surface area contributed by atoms with Gasteiger partial charge in [0.15, 0.2) is 10.8 Å². The van der Waals surface area contributed by atoms with Crippen molar-refractivity contribution in [3.8, 4) is 5.75 Å². The predicted molar refractivity (Wildman–Crippen MR) is 114 cm³/mol. The summed E-state index contributed by atoms with van der Waals surface area (Å²) < 4.78 is 6.83. The van der Waals surface area contributed by atoms with Crippen LogP contribution >= 0.6 is 11.8 Å². The summed E-state index contributed by atoms with van der Waals surface area (Å²) in [6.07, 6.45) is 1.61. The summed E-state index contributed by atoms with van der Waals surface area (Å²) in [5, 5.41) is 3.88. The number of carbonyl (C=O) groups excluding carboxylic acids is 1. The Balaban J connectivity index is 1.71. The van der Waals surface area contributed by atoms with Gasteiger partial charge in [-0.2, -0.15) is 0 Å². The molecule has 0 aliphatic heterocycles. The fraction of sp³-hybridized carbons (Fsp3) is 0.333. The molecule has 0 bridgehead atoms. The van der Waals surface area contributed by atoms with Crippen LogP contribution in [0, 0.1) is 5.92 Å². The summed E-state index contributed by atoms with van der Waals surface area (Å²) in [4.78, 5) is 33.9. The molecule has 1 amide bonds. The third-order valence-corrected chi connectivity index (χ3v) is 5.18. The van der Waals surface area contributed by atoms with Gasteiger partial charge in [0.05, 0.1) is 18.2 Å². The van der Waals surface area contributed by atoms with E-state index in [-0.39, 0.29) is 23.1 Å². The van der Waals surface area contributed by atoms with Crippen molar-refractivity contribution in [2.75, 3.05) is 12.9 Å². The SMILES string of the molecule is COc1cccc(CNC(=O)CSc2nc3ncccc3c(=O)n2CC(C)C)c1. The number of aromatic nitrogens is 3. The minimum atomic E-state index is -0.135.